The molecule has 1 saturated heterocycles. The van der Waals surface area contributed by atoms with Gasteiger partial charge < -0.3 is 16.4 Å². The van der Waals surface area contributed by atoms with E-state index in [0.29, 0.717) is 35.6 Å². The highest BCUT2D eigenvalue weighted by atomic mass is 16.2. The Bertz CT molecular complexity index is 802. The second kappa shape index (κ2) is 6.41. The van der Waals surface area contributed by atoms with Crippen molar-refractivity contribution < 1.29 is 14.4 Å². The van der Waals surface area contributed by atoms with Crippen LogP contribution in [0.25, 0.3) is 0 Å². The molecule has 0 aliphatic carbocycles. The molecule has 4 amide bonds. The largest absolute Gasteiger partial charge is 0.366 e. The smallest absolute Gasteiger partial charge is 0.321 e. The number of nitrogens with two attached hydrogens (primary N) is 1. The van der Waals surface area contributed by atoms with Crippen LogP contribution in [-0.4, -0.2) is 30.9 Å². The van der Waals surface area contributed by atoms with Crippen LogP contribution in [0.2, 0.25) is 0 Å². The maximum atomic E-state index is 12.4. The predicted octanol–water partition coefficient (Wildman–Crippen LogP) is 1.57. The van der Waals surface area contributed by atoms with Crippen LogP contribution in [0.15, 0.2) is 48.5 Å². The molecule has 0 atom stereocenters. The fourth-order valence-corrected chi connectivity index (χ4v) is 2.45. The highest BCUT2D eigenvalue weighted by Gasteiger charge is 2.21. The van der Waals surface area contributed by atoms with E-state index in [1.807, 2.05) is 0 Å². The minimum absolute atomic E-state index is 0.172. The van der Waals surface area contributed by atoms with Crippen LogP contribution in [0.1, 0.15) is 20.7 Å². The minimum atomic E-state index is -0.524. The van der Waals surface area contributed by atoms with E-state index in [9.17, 15) is 14.4 Å². The van der Waals surface area contributed by atoms with Gasteiger partial charge in [0.15, 0.2) is 0 Å². The Hall–Kier alpha value is -3.35. The van der Waals surface area contributed by atoms with E-state index < -0.39 is 5.91 Å². The molecule has 1 aliphatic heterocycles. The zero-order valence-electron chi connectivity index (χ0n) is 12.8. The Morgan fingerprint density at radius 1 is 1.08 bits per heavy atom. The first-order chi connectivity index (χ1) is 11.5. The molecule has 4 N–H and O–H groups in total. The quantitative estimate of drug-likeness (QED) is 0.795. The van der Waals surface area contributed by atoms with E-state index >= 15 is 0 Å². The number of rotatable bonds is 4. The first-order valence-electron chi connectivity index (χ1n) is 7.41. The summed E-state index contributed by atoms with van der Waals surface area (Å²) < 4.78 is 0. The minimum Gasteiger partial charge on any atom is -0.366 e. The van der Waals surface area contributed by atoms with Gasteiger partial charge in [0.25, 0.3) is 5.91 Å². The monoisotopic (exact) mass is 324 g/mol. The van der Waals surface area contributed by atoms with Crippen LogP contribution < -0.4 is 21.3 Å². The third-order valence-corrected chi connectivity index (χ3v) is 3.70. The summed E-state index contributed by atoms with van der Waals surface area (Å²) in [5, 5.41) is 5.46. The number of carbonyl (C=O) groups is 3. The van der Waals surface area contributed by atoms with Crippen LogP contribution in [0.3, 0.4) is 0 Å². The molecule has 0 spiro atoms. The van der Waals surface area contributed by atoms with Crippen molar-refractivity contribution in [2.24, 2.45) is 5.73 Å². The number of carbonyl (C=O) groups excluding carboxylic acids is 3. The summed E-state index contributed by atoms with van der Waals surface area (Å²) in [6.45, 7) is 1.15. The summed E-state index contributed by atoms with van der Waals surface area (Å²) in [5.74, 6) is -0.826. The van der Waals surface area contributed by atoms with Gasteiger partial charge in [-0.05, 0) is 42.5 Å². The van der Waals surface area contributed by atoms with Crippen molar-refractivity contribution in [3.05, 3.63) is 59.7 Å². The fourth-order valence-electron chi connectivity index (χ4n) is 2.45. The molecule has 24 heavy (non-hydrogen) atoms. The van der Waals surface area contributed by atoms with Gasteiger partial charge in [0.1, 0.15) is 0 Å². The number of primary amides is 1. The van der Waals surface area contributed by atoms with Gasteiger partial charge in [0.2, 0.25) is 5.91 Å². The number of hydrogen-bond donors (Lipinski definition) is 3. The van der Waals surface area contributed by atoms with Gasteiger partial charge in [-0.25, -0.2) is 4.79 Å². The molecular formula is C17H16N4O3. The Balaban J connectivity index is 1.75. The molecular weight excluding hydrogens is 308 g/mol. The third-order valence-electron chi connectivity index (χ3n) is 3.70. The first-order valence-corrected chi connectivity index (χ1v) is 7.41. The molecule has 0 unspecified atom stereocenters. The van der Waals surface area contributed by atoms with Crippen LogP contribution >= 0.6 is 0 Å². The maximum absolute atomic E-state index is 12.4. The van der Waals surface area contributed by atoms with Gasteiger partial charge in [-0.3, -0.25) is 14.5 Å². The van der Waals surface area contributed by atoms with E-state index in [2.05, 4.69) is 10.6 Å². The van der Waals surface area contributed by atoms with Gasteiger partial charge in [-0.15, -0.1) is 0 Å². The molecule has 7 nitrogen and oxygen atoms in total. The second-order valence-corrected chi connectivity index (χ2v) is 5.33. The summed E-state index contributed by atoms with van der Waals surface area (Å²) in [6.07, 6.45) is 0. The van der Waals surface area contributed by atoms with Gasteiger partial charge in [-0.2, -0.15) is 0 Å². The lowest BCUT2D eigenvalue weighted by Gasteiger charge is -2.15. The average molecular weight is 324 g/mol. The van der Waals surface area contributed by atoms with Crippen molar-refractivity contribution in [1.82, 2.24) is 5.32 Å². The normalized spacial score (nSPS) is 13.5. The number of urea groups is 1. The summed E-state index contributed by atoms with van der Waals surface area (Å²) in [6, 6.07) is 13.0. The molecule has 1 aliphatic rings. The molecule has 0 saturated carbocycles. The Morgan fingerprint density at radius 2 is 1.83 bits per heavy atom. The zero-order valence-corrected chi connectivity index (χ0v) is 12.8. The predicted molar refractivity (Wildman–Crippen MR) is 90.1 cm³/mol. The number of nitrogens with one attached hydrogen (secondary N) is 2. The highest BCUT2D eigenvalue weighted by molar-refractivity contribution is 6.06. The van der Waals surface area contributed by atoms with E-state index in [4.69, 9.17) is 5.73 Å². The molecule has 1 fully saturated rings. The molecule has 122 valence electrons. The topological polar surface area (TPSA) is 105 Å². The van der Waals surface area contributed by atoms with Crippen molar-refractivity contribution in [3.63, 3.8) is 0 Å². The van der Waals surface area contributed by atoms with Crippen molar-refractivity contribution in [2.45, 2.75) is 0 Å². The highest BCUT2D eigenvalue weighted by Crippen LogP contribution is 2.19. The fraction of sp³-hybridized carbons (Fsp3) is 0.118. The number of anilines is 2. The SMILES string of the molecule is NC(=O)c1ccc(NC(=O)c2cccc(N3CCNC3=O)c2)cc1. The van der Waals surface area contributed by atoms with E-state index in [1.165, 1.54) is 0 Å². The van der Waals surface area contributed by atoms with Crippen molar-refractivity contribution in [1.29, 1.82) is 0 Å². The lowest BCUT2D eigenvalue weighted by Crippen LogP contribution is -2.27. The van der Waals surface area contributed by atoms with E-state index in [0.717, 1.165) is 0 Å². The number of nitrogens with zero attached hydrogens (tertiary/aromatic N) is 1. The standard InChI is InChI=1S/C17H16N4O3/c18-15(22)11-4-6-13(7-5-11)20-16(23)12-2-1-3-14(10-12)21-9-8-19-17(21)24/h1-7,10H,8-9H2,(H2,18,22)(H,19,24)(H,20,23). The summed E-state index contributed by atoms with van der Waals surface area (Å²) in [5.41, 5.74) is 7.21. The van der Waals surface area contributed by atoms with Crippen molar-refractivity contribution in [3.8, 4) is 0 Å². The van der Waals surface area contributed by atoms with Crippen LogP contribution in [0, 0.1) is 0 Å². The van der Waals surface area contributed by atoms with Crippen LogP contribution in [0.4, 0.5) is 16.2 Å². The maximum Gasteiger partial charge on any atom is 0.321 e. The van der Waals surface area contributed by atoms with Crippen LogP contribution in [-0.2, 0) is 0 Å². The number of benzene rings is 2. The lowest BCUT2D eigenvalue weighted by atomic mass is 10.1. The summed E-state index contributed by atoms with van der Waals surface area (Å²) >= 11 is 0. The van der Waals surface area contributed by atoms with Gasteiger partial charge in [0.05, 0.1) is 0 Å². The molecule has 0 radical (unpaired) electrons. The third kappa shape index (κ3) is 3.19. The Labute approximate surface area is 138 Å². The number of amides is 4. The summed E-state index contributed by atoms with van der Waals surface area (Å²) in [4.78, 5) is 36.7. The lowest BCUT2D eigenvalue weighted by molar-refractivity contribution is 0.0998. The second-order valence-electron chi connectivity index (χ2n) is 5.33. The Morgan fingerprint density at radius 3 is 2.46 bits per heavy atom. The van der Waals surface area contributed by atoms with Gasteiger partial charge >= 0.3 is 6.03 Å². The molecule has 0 bridgehead atoms. The molecule has 2 aromatic carbocycles. The Kier molecular flexibility index (Phi) is 4.15. The van der Waals surface area contributed by atoms with E-state index in [1.54, 1.807) is 53.4 Å². The van der Waals surface area contributed by atoms with Crippen LogP contribution in [0.5, 0.6) is 0 Å². The van der Waals surface area contributed by atoms with Crippen molar-refractivity contribution >= 4 is 29.2 Å². The van der Waals surface area contributed by atoms with E-state index in [-0.39, 0.29) is 11.9 Å². The van der Waals surface area contributed by atoms with Gasteiger partial charge in [0, 0.05) is 35.6 Å². The number of hydrogen-bond acceptors (Lipinski definition) is 3. The molecule has 3 rings (SSSR count). The van der Waals surface area contributed by atoms with Gasteiger partial charge in [-0.1, -0.05) is 6.07 Å². The first kappa shape index (κ1) is 15.5. The molecule has 7 heteroatoms. The molecule has 1 heterocycles. The zero-order chi connectivity index (χ0) is 17.1. The molecule has 2 aromatic rings. The average Bonchev–Trinajstić information content (AvgIpc) is 3.01. The molecule has 0 aromatic heterocycles. The van der Waals surface area contributed by atoms with Crippen molar-refractivity contribution in [2.75, 3.05) is 23.3 Å². The summed E-state index contributed by atoms with van der Waals surface area (Å²) in [7, 11) is 0.